The van der Waals surface area contributed by atoms with E-state index in [1.54, 1.807) is 0 Å². The lowest BCUT2D eigenvalue weighted by atomic mass is 9.98. The van der Waals surface area contributed by atoms with Crippen LogP contribution in [0.2, 0.25) is 5.02 Å². The van der Waals surface area contributed by atoms with Gasteiger partial charge in [-0.25, -0.2) is 4.79 Å². The molecule has 0 saturated heterocycles. The number of hydrogen-bond acceptors (Lipinski definition) is 2. The highest BCUT2D eigenvalue weighted by molar-refractivity contribution is 6.57. The molecule has 1 atom stereocenters. The molecular formula is C27H34Cl3NO3. The van der Waals surface area contributed by atoms with Crippen LogP contribution in [0.25, 0.3) is 0 Å². The number of halogens is 3. The molecule has 1 unspecified atom stereocenters. The lowest BCUT2D eigenvalue weighted by molar-refractivity contribution is -0.138. The van der Waals surface area contributed by atoms with Crippen molar-refractivity contribution in [3.8, 4) is 0 Å². The first-order chi connectivity index (χ1) is 16.3. The van der Waals surface area contributed by atoms with Gasteiger partial charge in [0.1, 0.15) is 0 Å². The lowest BCUT2D eigenvalue weighted by Gasteiger charge is -2.20. The monoisotopic (exact) mass is 525 g/mol. The van der Waals surface area contributed by atoms with Crippen molar-refractivity contribution >= 4 is 46.7 Å². The van der Waals surface area contributed by atoms with Crippen molar-refractivity contribution in [3.05, 3.63) is 70.7 Å². The smallest absolute Gasteiger partial charge is 0.340 e. The number of rotatable bonds is 16. The molecule has 0 aliphatic rings. The lowest BCUT2D eigenvalue weighted by Crippen LogP contribution is -2.28. The maximum Gasteiger partial charge on any atom is 0.340 e. The molecule has 0 spiro atoms. The summed E-state index contributed by atoms with van der Waals surface area (Å²) in [5.41, 5.74) is 2.23. The van der Waals surface area contributed by atoms with Crippen LogP contribution in [0.15, 0.2) is 54.6 Å². The fraction of sp³-hybridized carbons (Fsp3) is 0.481. The molecule has 0 aromatic heterocycles. The van der Waals surface area contributed by atoms with Crippen LogP contribution >= 0.6 is 34.8 Å². The summed E-state index contributed by atoms with van der Waals surface area (Å²) in [7, 11) is 0. The summed E-state index contributed by atoms with van der Waals surface area (Å²) < 4.78 is -1.68. The average molecular weight is 527 g/mol. The number of carbonyl (C=O) groups excluding carboxylic acids is 1. The van der Waals surface area contributed by atoms with Crippen molar-refractivity contribution < 1.29 is 14.7 Å². The standard InChI is InChI=1S/C27H34Cl3NO3/c28-23-17-15-22(16-18-23)24(31-25(32)19-14-21-11-7-6-8-12-21)13-9-4-2-1-3-5-10-20-27(29,30)26(33)34/h6-8,11-12,15-18,24H,1-5,9-10,13-14,19-20H2,(H,31,32)(H,33,34). The van der Waals surface area contributed by atoms with Crippen molar-refractivity contribution in [3.63, 3.8) is 0 Å². The zero-order valence-corrected chi connectivity index (χ0v) is 21.7. The predicted octanol–water partition coefficient (Wildman–Crippen LogP) is 7.90. The van der Waals surface area contributed by atoms with Crippen LogP contribution in [0.1, 0.15) is 81.4 Å². The molecule has 0 bridgehead atoms. The molecule has 2 aromatic rings. The third-order valence-electron chi connectivity index (χ3n) is 5.89. The Labute approximate surface area is 218 Å². The van der Waals surface area contributed by atoms with E-state index in [9.17, 15) is 9.59 Å². The quantitative estimate of drug-likeness (QED) is 0.172. The number of benzene rings is 2. The maximum absolute atomic E-state index is 12.6. The van der Waals surface area contributed by atoms with Crippen LogP contribution in [-0.2, 0) is 16.0 Å². The highest BCUT2D eigenvalue weighted by Gasteiger charge is 2.32. The first kappa shape index (κ1) is 28.5. The SMILES string of the molecule is O=C(CCc1ccccc1)NC(CCCCCCCCCC(Cl)(Cl)C(=O)O)c1ccc(Cl)cc1. The largest absolute Gasteiger partial charge is 0.479 e. The van der Waals surface area contributed by atoms with E-state index in [4.69, 9.17) is 39.9 Å². The van der Waals surface area contributed by atoms with Crippen molar-refractivity contribution in [2.24, 2.45) is 0 Å². The zero-order valence-electron chi connectivity index (χ0n) is 19.4. The van der Waals surface area contributed by atoms with Crippen LogP contribution in [-0.4, -0.2) is 21.3 Å². The summed E-state index contributed by atoms with van der Waals surface area (Å²) in [5, 5.41) is 12.8. The number of aryl methyl sites for hydroxylation is 1. The predicted molar refractivity (Wildman–Crippen MR) is 141 cm³/mol. The fourth-order valence-electron chi connectivity index (χ4n) is 3.87. The van der Waals surface area contributed by atoms with Gasteiger partial charge in [-0.05, 0) is 48.9 Å². The number of aliphatic carboxylic acids is 1. The van der Waals surface area contributed by atoms with E-state index in [-0.39, 0.29) is 18.4 Å². The molecule has 0 aliphatic carbocycles. The van der Waals surface area contributed by atoms with Crippen LogP contribution in [0, 0.1) is 0 Å². The molecule has 186 valence electrons. The van der Waals surface area contributed by atoms with Gasteiger partial charge in [0, 0.05) is 11.4 Å². The van der Waals surface area contributed by atoms with Gasteiger partial charge in [0.15, 0.2) is 0 Å². The molecule has 4 nitrogen and oxygen atoms in total. The number of unbranched alkanes of at least 4 members (excludes halogenated alkanes) is 6. The van der Waals surface area contributed by atoms with E-state index in [2.05, 4.69) is 5.32 Å². The molecule has 7 heteroatoms. The van der Waals surface area contributed by atoms with Crippen molar-refractivity contribution in [2.75, 3.05) is 0 Å². The molecule has 2 rings (SSSR count). The van der Waals surface area contributed by atoms with Gasteiger partial charge in [-0.3, -0.25) is 4.79 Å². The van der Waals surface area contributed by atoms with Gasteiger partial charge in [-0.2, -0.15) is 0 Å². The van der Waals surface area contributed by atoms with Crippen LogP contribution in [0.3, 0.4) is 0 Å². The van der Waals surface area contributed by atoms with Gasteiger partial charge in [-0.15, -0.1) is 0 Å². The summed E-state index contributed by atoms with van der Waals surface area (Å²) in [6, 6.07) is 17.7. The first-order valence-corrected chi connectivity index (χ1v) is 13.1. The van der Waals surface area contributed by atoms with Gasteiger partial charge in [0.2, 0.25) is 10.2 Å². The first-order valence-electron chi connectivity index (χ1n) is 12.0. The minimum absolute atomic E-state index is 0.0304. The number of hydrogen-bond donors (Lipinski definition) is 2. The Morgan fingerprint density at radius 2 is 1.44 bits per heavy atom. The third-order valence-corrected chi connectivity index (χ3v) is 6.84. The van der Waals surface area contributed by atoms with Gasteiger partial charge < -0.3 is 10.4 Å². The van der Waals surface area contributed by atoms with Crippen LogP contribution in [0.4, 0.5) is 0 Å². The van der Waals surface area contributed by atoms with Gasteiger partial charge >= 0.3 is 5.97 Å². The Balaban J connectivity index is 1.71. The Hall–Kier alpha value is -1.75. The highest BCUT2D eigenvalue weighted by Crippen LogP contribution is 2.28. The van der Waals surface area contributed by atoms with Crippen LogP contribution < -0.4 is 5.32 Å². The molecular weight excluding hydrogens is 493 g/mol. The Morgan fingerprint density at radius 3 is 2.06 bits per heavy atom. The highest BCUT2D eigenvalue weighted by atomic mass is 35.5. The average Bonchev–Trinajstić information content (AvgIpc) is 2.82. The topological polar surface area (TPSA) is 66.4 Å². The third kappa shape index (κ3) is 11.1. The van der Waals surface area contributed by atoms with Gasteiger partial charge in [0.25, 0.3) is 0 Å². The number of nitrogens with one attached hydrogen (secondary N) is 1. The van der Waals surface area contributed by atoms with Gasteiger partial charge in [0.05, 0.1) is 6.04 Å². The summed E-state index contributed by atoms with van der Waals surface area (Å²) >= 11 is 17.6. The summed E-state index contributed by atoms with van der Waals surface area (Å²) in [6.07, 6.45) is 9.23. The van der Waals surface area contributed by atoms with E-state index in [0.717, 1.165) is 62.5 Å². The van der Waals surface area contributed by atoms with E-state index >= 15 is 0 Å². The second-order valence-electron chi connectivity index (χ2n) is 8.68. The summed E-state index contributed by atoms with van der Waals surface area (Å²) in [6.45, 7) is 0. The molecule has 1 amide bonds. The van der Waals surface area contributed by atoms with Crippen molar-refractivity contribution in [1.29, 1.82) is 0 Å². The van der Waals surface area contributed by atoms with Crippen molar-refractivity contribution in [2.45, 2.75) is 81.0 Å². The van der Waals surface area contributed by atoms with Crippen molar-refractivity contribution in [1.82, 2.24) is 5.32 Å². The Kier molecular flexibility index (Phi) is 12.8. The molecule has 2 aromatic carbocycles. The zero-order chi connectivity index (χ0) is 24.8. The normalized spacial score (nSPS) is 12.3. The summed E-state index contributed by atoms with van der Waals surface area (Å²) in [4.78, 5) is 23.5. The fourth-order valence-corrected chi connectivity index (χ4v) is 4.27. The number of carbonyl (C=O) groups is 2. The van der Waals surface area contributed by atoms with E-state index in [1.165, 1.54) is 0 Å². The molecule has 0 aliphatic heterocycles. The minimum atomic E-state index is -1.68. The molecule has 0 heterocycles. The number of carboxylic acid groups (broad SMARTS) is 1. The van der Waals surface area contributed by atoms with Gasteiger partial charge in [-0.1, -0.05) is 116 Å². The Morgan fingerprint density at radius 1 is 0.853 bits per heavy atom. The van der Waals surface area contributed by atoms with E-state index in [1.807, 2.05) is 54.6 Å². The number of alkyl halides is 2. The second-order valence-corrected chi connectivity index (χ2v) is 10.6. The summed E-state index contributed by atoms with van der Waals surface area (Å²) in [5.74, 6) is -1.13. The molecule has 0 saturated carbocycles. The molecule has 0 fully saturated rings. The number of amides is 1. The molecule has 2 N–H and O–H groups in total. The van der Waals surface area contributed by atoms with E-state index < -0.39 is 10.3 Å². The molecule has 0 radical (unpaired) electrons. The number of carboxylic acids is 1. The van der Waals surface area contributed by atoms with E-state index in [0.29, 0.717) is 17.9 Å². The maximum atomic E-state index is 12.6. The van der Waals surface area contributed by atoms with Crippen LogP contribution in [0.5, 0.6) is 0 Å². The Bertz CT molecular complexity index is 872. The molecule has 34 heavy (non-hydrogen) atoms. The second kappa shape index (κ2) is 15.3. The minimum Gasteiger partial charge on any atom is -0.479 e.